The topological polar surface area (TPSA) is 70.1 Å². The highest BCUT2D eigenvalue weighted by molar-refractivity contribution is 5.48. The Morgan fingerprint density at radius 1 is 1.41 bits per heavy atom. The van der Waals surface area contributed by atoms with E-state index in [9.17, 15) is 4.79 Å². The number of nitrogens with zero attached hydrogens (tertiary/aromatic N) is 2. The van der Waals surface area contributed by atoms with Crippen LogP contribution in [-0.2, 0) is 6.54 Å². The monoisotopic (exact) mass is 231 g/mol. The number of ether oxygens (including phenoxy) is 1. The first-order chi connectivity index (χ1) is 8.20. The molecule has 2 N–H and O–H groups in total. The second-order valence-electron chi connectivity index (χ2n) is 3.59. The standard InChI is InChI=1S/C12H13N3O2/c1-17-11-7-10(13)5-4-9(11)8-15-12(16)3-2-6-14-15/h2-7H,8,13H2,1H3. The minimum atomic E-state index is -0.147. The predicted octanol–water partition coefficient (Wildman–Crippen LogP) is 0.882. The van der Waals surface area contributed by atoms with Crippen molar-refractivity contribution in [2.75, 3.05) is 12.8 Å². The van der Waals surface area contributed by atoms with Gasteiger partial charge in [-0.05, 0) is 12.1 Å². The van der Waals surface area contributed by atoms with Crippen LogP contribution in [0.1, 0.15) is 5.56 Å². The molecule has 5 nitrogen and oxygen atoms in total. The van der Waals surface area contributed by atoms with E-state index in [4.69, 9.17) is 10.5 Å². The maximum Gasteiger partial charge on any atom is 0.267 e. The Morgan fingerprint density at radius 3 is 2.94 bits per heavy atom. The molecule has 0 amide bonds. The van der Waals surface area contributed by atoms with Crippen molar-refractivity contribution in [3.8, 4) is 5.75 Å². The van der Waals surface area contributed by atoms with E-state index in [-0.39, 0.29) is 5.56 Å². The van der Waals surface area contributed by atoms with Crippen LogP contribution in [0.2, 0.25) is 0 Å². The van der Waals surface area contributed by atoms with Gasteiger partial charge in [0.25, 0.3) is 5.56 Å². The third-order valence-electron chi connectivity index (χ3n) is 2.42. The molecule has 88 valence electrons. The molecule has 2 rings (SSSR count). The number of hydrogen-bond acceptors (Lipinski definition) is 4. The smallest absolute Gasteiger partial charge is 0.267 e. The number of rotatable bonds is 3. The van der Waals surface area contributed by atoms with Gasteiger partial charge in [0, 0.05) is 29.6 Å². The number of nitrogens with two attached hydrogens (primary N) is 1. The second-order valence-corrected chi connectivity index (χ2v) is 3.59. The summed E-state index contributed by atoms with van der Waals surface area (Å²) >= 11 is 0. The first kappa shape index (κ1) is 11.2. The normalized spacial score (nSPS) is 10.2. The van der Waals surface area contributed by atoms with Crippen molar-refractivity contribution in [2.24, 2.45) is 0 Å². The Bertz CT molecular complexity index is 578. The largest absolute Gasteiger partial charge is 0.496 e. The van der Waals surface area contributed by atoms with E-state index in [2.05, 4.69) is 5.10 Å². The van der Waals surface area contributed by atoms with Crippen molar-refractivity contribution in [1.29, 1.82) is 0 Å². The Labute approximate surface area is 98.5 Å². The van der Waals surface area contributed by atoms with Crippen LogP contribution in [-0.4, -0.2) is 16.9 Å². The summed E-state index contributed by atoms with van der Waals surface area (Å²) in [6, 6.07) is 8.40. The average molecular weight is 231 g/mol. The summed E-state index contributed by atoms with van der Waals surface area (Å²) in [5, 5.41) is 3.99. The van der Waals surface area contributed by atoms with Gasteiger partial charge in [-0.25, -0.2) is 4.68 Å². The maximum absolute atomic E-state index is 11.5. The molecule has 0 atom stereocenters. The fourth-order valence-corrected chi connectivity index (χ4v) is 1.56. The summed E-state index contributed by atoms with van der Waals surface area (Å²) in [6.45, 7) is 0.364. The summed E-state index contributed by atoms with van der Waals surface area (Å²) in [6.07, 6.45) is 1.57. The number of hydrogen-bond donors (Lipinski definition) is 1. The van der Waals surface area contributed by atoms with Crippen LogP contribution in [0.15, 0.2) is 41.3 Å². The first-order valence-electron chi connectivity index (χ1n) is 5.15. The van der Waals surface area contributed by atoms with E-state index < -0.39 is 0 Å². The SMILES string of the molecule is COc1cc(N)ccc1Cn1ncccc1=O. The lowest BCUT2D eigenvalue weighted by molar-refractivity contribution is 0.407. The molecule has 1 aromatic heterocycles. The average Bonchev–Trinajstić information content (AvgIpc) is 2.34. The third kappa shape index (κ3) is 2.44. The summed E-state index contributed by atoms with van der Waals surface area (Å²) in [5.74, 6) is 0.655. The van der Waals surface area contributed by atoms with Crippen LogP contribution in [0.5, 0.6) is 5.75 Å². The van der Waals surface area contributed by atoms with E-state index in [1.54, 1.807) is 31.5 Å². The fraction of sp³-hybridized carbons (Fsp3) is 0.167. The van der Waals surface area contributed by atoms with Gasteiger partial charge in [-0.1, -0.05) is 6.07 Å². The van der Waals surface area contributed by atoms with E-state index in [1.807, 2.05) is 6.07 Å². The molecule has 1 aromatic carbocycles. The van der Waals surface area contributed by atoms with Gasteiger partial charge in [0.05, 0.1) is 13.7 Å². The molecule has 5 heteroatoms. The molecule has 0 aliphatic heterocycles. The molecule has 0 aliphatic carbocycles. The molecule has 0 saturated carbocycles. The second kappa shape index (κ2) is 4.69. The molecule has 2 aromatic rings. The zero-order valence-electron chi connectivity index (χ0n) is 9.46. The Morgan fingerprint density at radius 2 is 2.24 bits per heavy atom. The number of methoxy groups -OCH3 is 1. The number of nitrogen functional groups attached to an aromatic ring is 1. The highest BCUT2D eigenvalue weighted by atomic mass is 16.5. The molecule has 0 unspecified atom stereocenters. The highest BCUT2D eigenvalue weighted by Gasteiger charge is 2.05. The van der Waals surface area contributed by atoms with Gasteiger partial charge < -0.3 is 10.5 Å². The minimum absolute atomic E-state index is 0.147. The van der Waals surface area contributed by atoms with E-state index in [0.29, 0.717) is 18.0 Å². The summed E-state index contributed by atoms with van der Waals surface area (Å²) in [5.41, 5.74) is 7.00. The molecule has 0 radical (unpaired) electrons. The minimum Gasteiger partial charge on any atom is -0.496 e. The van der Waals surface area contributed by atoms with Gasteiger partial charge in [0.15, 0.2) is 0 Å². The van der Waals surface area contributed by atoms with Gasteiger partial charge in [0.2, 0.25) is 0 Å². The van der Waals surface area contributed by atoms with Crippen LogP contribution in [0, 0.1) is 0 Å². The molecule has 1 heterocycles. The van der Waals surface area contributed by atoms with E-state index in [1.165, 1.54) is 10.7 Å². The van der Waals surface area contributed by atoms with Gasteiger partial charge in [-0.3, -0.25) is 4.79 Å². The maximum atomic E-state index is 11.5. The lowest BCUT2D eigenvalue weighted by atomic mass is 10.2. The van der Waals surface area contributed by atoms with Gasteiger partial charge in [0.1, 0.15) is 5.75 Å². The number of anilines is 1. The van der Waals surface area contributed by atoms with Crippen molar-refractivity contribution in [3.63, 3.8) is 0 Å². The van der Waals surface area contributed by atoms with Crippen molar-refractivity contribution in [2.45, 2.75) is 6.54 Å². The fourth-order valence-electron chi connectivity index (χ4n) is 1.56. The molecule has 0 aliphatic rings. The Kier molecular flexibility index (Phi) is 3.09. The van der Waals surface area contributed by atoms with Crippen LogP contribution in [0.25, 0.3) is 0 Å². The number of aromatic nitrogens is 2. The van der Waals surface area contributed by atoms with Gasteiger partial charge in [-0.15, -0.1) is 0 Å². The quantitative estimate of drug-likeness (QED) is 0.796. The van der Waals surface area contributed by atoms with Crippen LogP contribution >= 0.6 is 0 Å². The predicted molar refractivity (Wildman–Crippen MR) is 65.0 cm³/mol. The van der Waals surface area contributed by atoms with Crippen molar-refractivity contribution < 1.29 is 4.74 Å². The molecule has 0 saturated heterocycles. The molecular formula is C12H13N3O2. The zero-order valence-corrected chi connectivity index (χ0v) is 9.46. The Hall–Kier alpha value is -2.30. The molecule has 0 bridgehead atoms. The van der Waals surface area contributed by atoms with Crippen molar-refractivity contribution in [1.82, 2.24) is 9.78 Å². The van der Waals surface area contributed by atoms with Crippen LogP contribution in [0.4, 0.5) is 5.69 Å². The van der Waals surface area contributed by atoms with Crippen LogP contribution in [0.3, 0.4) is 0 Å². The van der Waals surface area contributed by atoms with Crippen molar-refractivity contribution >= 4 is 5.69 Å². The highest BCUT2D eigenvalue weighted by Crippen LogP contribution is 2.21. The lowest BCUT2D eigenvalue weighted by Crippen LogP contribution is -2.21. The van der Waals surface area contributed by atoms with E-state index >= 15 is 0 Å². The molecule has 0 spiro atoms. The van der Waals surface area contributed by atoms with Crippen LogP contribution < -0.4 is 16.0 Å². The van der Waals surface area contributed by atoms with Crippen molar-refractivity contribution in [3.05, 3.63) is 52.4 Å². The molecular weight excluding hydrogens is 218 g/mol. The zero-order chi connectivity index (χ0) is 12.3. The van der Waals surface area contributed by atoms with Gasteiger partial charge in [-0.2, -0.15) is 5.10 Å². The Balaban J connectivity index is 2.36. The lowest BCUT2D eigenvalue weighted by Gasteiger charge is -2.09. The van der Waals surface area contributed by atoms with Gasteiger partial charge >= 0.3 is 0 Å². The summed E-state index contributed by atoms with van der Waals surface area (Å²) in [7, 11) is 1.57. The third-order valence-corrected chi connectivity index (χ3v) is 2.42. The van der Waals surface area contributed by atoms with E-state index in [0.717, 1.165) is 5.56 Å². The first-order valence-corrected chi connectivity index (χ1v) is 5.15. The number of benzene rings is 1. The molecule has 17 heavy (non-hydrogen) atoms. The summed E-state index contributed by atoms with van der Waals surface area (Å²) < 4.78 is 6.58. The summed E-state index contributed by atoms with van der Waals surface area (Å²) in [4.78, 5) is 11.5. The molecule has 0 fully saturated rings.